The molecule has 0 aliphatic heterocycles. The summed E-state index contributed by atoms with van der Waals surface area (Å²) in [6.45, 7) is 2.67. The van der Waals surface area contributed by atoms with Crippen LogP contribution in [-0.2, 0) is 0 Å². The Balaban J connectivity index is 2.68. The second-order valence-electron chi connectivity index (χ2n) is 2.61. The van der Waals surface area contributed by atoms with E-state index >= 15 is 0 Å². The van der Waals surface area contributed by atoms with Crippen LogP contribution < -0.4 is 10.6 Å². The van der Waals surface area contributed by atoms with Crippen molar-refractivity contribution in [1.82, 2.24) is 5.32 Å². The maximum atomic E-state index is 12.8. The van der Waals surface area contributed by atoms with Gasteiger partial charge in [0.2, 0.25) is 0 Å². The van der Waals surface area contributed by atoms with Gasteiger partial charge in [0.1, 0.15) is 5.82 Å². The molecule has 0 unspecified atom stereocenters. The number of benzene rings is 1. The topological polar surface area (TPSA) is 24.1 Å². The molecule has 0 atom stereocenters. The van der Waals surface area contributed by atoms with Crippen LogP contribution in [0.2, 0.25) is 5.02 Å². The van der Waals surface area contributed by atoms with Crippen molar-refractivity contribution in [2.75, 3.05) is 11.9 Å². The van der Waals surface area contributed by atoms with Crippen LogP contribution in [0.4, 0.5) is 10.1 Å². The molecule has 0 aliphatic carbocycles. The summed E-state index contributed by atoms with van der Waals surface area (Å²) in [5.74, 6) is -0.438. The van der Waals surface area contributed by atoms with Gasteiger partial charge in [0, 0.05) is 12.2 Å². The zero-order chi connectivity index (χ0) is 10.6. The second kappa shape index (κ2) is 5.12. The van der Waals surface area contributed by atoms with E-state index in [9.17, 15) is 4.39 Å². The van der Waals surface area contributed by atoms with Crippen molar-refractivity contribution in [2.24, 2.45) is 0 Å². The molecule has 0 saturated carbocycles. The van der Waals surface area contributed by atoms with Crippen molar-refractivity contribution < 1.29 is 4.39 Å². The molecule has 76 valence electrons. The first-order chi connectivity index (χ1) is 6.63. The third-order valence-corrected chi connectivity index (χ3v) is 2.05. The second-order valence-corrected chi connectivity index (χ2v) is 3.43. The van der Waals surface area contributed by atoms with Crippen molar-refractivity contribution in [3.63, 3.8) is 0 Å². The lowest BCUT2D eigenvalue weighted by Crippen LogP contribution is -2.27. The number of hydrogen-bond acceptors (Lipinski definition) is 1. The molecular formula is C9H10ClFN2S. The maximum absolute atomic E-state index is 12.8. The van der Waals surface area contributed by atoms with Crippen LogP contribution in [0.3, 0.4) is 0 Å². The van der Waals surface area contributed by atoms with Crippen LogP contribution in [0.15, 0.2) is 18.2 Å². The van der Waals surface area contributed by atoms with Gasteiger partial charge in [-0.15, -0.1) is 0 Å². The van der Waals surface area contributed by atoms with Gasteiger partial charge in [0.05, 0.1) is 5.02 Å². The van der Waals surface area contributed by atoms with Crippen LogP contribution in [0, 0.1) is 5.82 Å². The Labute approximate surface area is 92.5 Å². The van der Waals surface area contributed by atoms with Crippen molar-refractivity contribution in [1.29, 1.82) is 0 Å². The van der Waals surface area contributed by atoms with Crippen LogP contribution in [0.5, 0.6) is 0 Å². The van der Waals surface area contributed by atoms with Crippen molar-refractivity contribution in [3.05, 3.63) is 29.0 Å². The van der Waals surface area contributed by atoms with Gasteiger partial charge < -0.3 is 10.6 Å². The van der Waals surface area contributed by atoms with Crippen LogP contribution in [0.1, 0.15) is 6.92 Å². The molecule has 2 nitrogen and oxygen atoms in total. The lowest BCUT2D eigenvalue weighted by atomic mass is 10.3. The molecule has 0 spiro atoms. The van der Waals surface area contributed by atoms with E-state index in [-0.39, 0.29) is 5.02 Å². The molecular weight excluding hydrogens is 223 g/mol. The molecule has 0 saturated heterocycles. The smallest absolute Gasteiger partial charge is 0.170 e. The summed E-state index contributed by atoms with van der Waals surface area (Å²) in [7, 11) is 0. The summed E-state index contributed by atoms with van der Waals surface area (Å²) in [5, 5.41) is 6.37. The van der Waals surface area contributed by atoms with Crippen molar-refractivity contribution >= 4 is 34.6 Å². The first-order valence-electron chi connectivity index (χ1n) is 4.13. The Morgan fingerprint density at radius 3 is 2.86 bits per heavy atom. The summed E-state index contributed by atoms with van der Waals surface area (Å²) in [5.41, 5.74) is 0.669. The standard InChI is InChI=1S/C9H10ClFN2S/c1-2-12-9(14)13-6-3-4-8(11)7(10)5-6/h3-5H,2H2,1H3,(H2,12,13,14). The van der Waals surface area contributed by atoms with Gasteiger partial charge in [0.15, 0.2) is 5.11 Å². The minimum atomic E-state index is -0.438. The lowest BCUT2D eigenvalue weighted by molar-refractivity contribution is 0.628. The van der Waals surface area contributed by atoms with Gasteiger partial charge in [0.25, 0.3) is 0 Å². The van der Waals surface area contributed by atoms with Gasteiger partial charge in [-0.1, -0.05) is 11.6 Å². The summed E-state index contributed by atoms with van der Waals surface area (Å²) in [6.07, 6.45) is 0. The molecule has 0 radical (unpaired) electrons. The van der Waals surface area contributed by atoms with Gasteiger partial charge in [-0.05, 0) is 37.3 Å². The summed E-state index contributed by atoms with van der Waals surface area (Å²) < 4.78 is 12.8. The highest BCUT2D eigenvalue weighted by Crippen LogP contribution is 2.19. The van der Waals surface area contributed by atoms with Gasteiger partial charge in [-0.25, -0.2) is 4.39 Å². The van der Waals surface area contributed by atoms with E-state index in [2.05, 4.69) is 10.6 Å². The number of halogens is 2. The van der Waals surface area contributed by atoms with E-state index in [1.54, 1.807) is 6.07 Å². The fourth-order valence-corrected chi connectivity index (χ4v) is 1.35. The number of anilines is 1. The minimum absolute atomic E-state index is 0.0781. The van der Waals surface area contributed by atoms with Crippen LogP contribution in [0.25, 0.3) is 0 Å². The first kappa shape index (κ1) is 11.2. The number of hydrogen-bond donors (Lipinski definition) is 2. The Morgan fingerprint density at radius 1 is 1.57 bits per heavy atom. The Hall–Kier alpha value is -0.870. The predicted octanol–water partition coefficient (Wildman–Crippen LogP) is 2.79. The normalized spacial score (nSPS) is 9.64. The van der Waals surface area contributed by atoms with E-state index in [1.165, 1.54) is 12.1 Å². The summed E-state index contributed by atoms with van der Waals surface area (Å²) >= 11 is 10.5. The van der Waals surface area contributed by atoms with Gasteiger partial charge in [-0.3, -0.25) is 0 Å². The molecule has 0 bridgehead atoms. The highest BCUT2D eigenvalue weighted by Gasteiger charge is 2.01. The molecule has 1 rings (SSSR count). The molecule has 1 aromatic carbocycles. The maximum Gasteiger partial charge on any atom is 0.170 e. The average molecular weight is 233 g/mol. The molecule has 0 heterocycles. The summed E-state index contributed by atoms with van der Waals surface area (Å²) in [6, 6.07) is 4.35. The molecule has 0 aromatic heterocycles. The third-order valence-electron chi connectivity index (χ3n) is 1.51. The van der Waals surface area contributed by atoms with Gasteiger partial charge in [-0.2, -0.15) is 0 Å². The fourth-order valence-electron chi connectivity index (χ4n) is 0.910. The van der Waals surface area contributed by atoms with E-state index in [0.29, 0.717) is 10.8 Å². The van der Waals surface area contributed by atoms with Gasteiger partial charge >= 0.3 is 0 Å². The largest absolute Gasteiger partial charge is 0.363 e. The van der Waals surface area contributed by atoms with E-state index in [0.717, 1.165) is 6.54 Å². The molecule has 0 fully saturated rings. The Bertz CT molecular complexity index is 344. The number of thiocarbonyl (C=S) groups is 1. The fraction of sp³-hybridized carbons (Fsp3) is 0.222. The molecule has 14 heavy (non-hydrogen) atoms. The third kappa shape index (κ3) is 3.12. The van der Waals surface area contributed by atoms with E-state index in [4.69, 9.17) is 23.8 Å². The van der Waals surface area contributed by atoms with Crippen molar-refractivity contribution in [3.8, 4) is 0 Å². The highest BCUT2D eigenvalue weighted by molar-refractivity contribution is 7.80. The Morgan fingerprint density at radius 2 is 2.29 bits per heavy atom. The molecule has 0 amide bonds. The monoisotopic (exact) mass is 232 g/mol. The number of rotatable bonds is 2. The highest BCUT2D eigenvalue weighted by atomic mass is 35.5. The quantitative estimate of drug-likeness (QED) is 0.767. The SMILES string of the molecule is CCNC(=S)Nc1ccc(F)c(Cl)c1. The molecule has 2 N–H and O–H groups in total. The van der Waals surface area contributed by atoms with E-state index in [1.807, 2.05) is 6.92 Å². The first-order valence-corrected chi connectivity index (χ1v) is 4.92. The zero-order valence-corrected chi connectivity index (χ0v) is 9.18. The average Bonchev–Trinajstić information content (AvgIpc) is 2.12. The zero-order valence-electron chi connectivity index (χ0n) is 7.60. The number of nitrogens with one attached hydrogen (secondary N) is 2. The lowest BCUT2D eigenvalue weighted by Gasteiger charge is -2.08. The van der Waals surface area contributed by atoms with Crippen LogP contribution >= 0.6 is 23.8 Å². The Kier molecular flexibility index (Phi) is 4.10. The molecule has 5 heteroatoms. The predicted molar refractivity (Wildman–Crippen MR) is 61.3 cm³/mol. The van der Waals surface area contributed by atoms with Crippen LogP contribution in [-0.4, -0.2) is 11.7 Å². The van der Waals surface area contributed by atoms with Crippen molar-refractivity contribution in [2.45, 2.75) is 6.92 Å². The minimum Gasteiger partial charge on any atom is -0.363 e. The summed E-state index contributed by atoms with van der Waals surface area (Å²) in [4.78, 5) is 0. The van der Waals surface area contributed by atoms with E-state index < -0.39 is 5.82 Å². The molecule has 1 aromatic rings. The molecule has 0 aliphatic rings.